The van der Waals surface area contributed by atoms with Crippen molar-refractivity contribution in [3.63, 3.8) is 0 Å². The van der Waals surface area contributed by atoms with Gasteiger partial charge in [-0.15, -0.1) is 0 Å². The molecule has 118 valence electrons. The molecule has 0 fully saturated rings. The topological polar surface area (TPSA) is 49.3 Å². The summed E-state index contributed by atoms with van der Waals surface area (Å²) in [5.74, 6) is -7.03. The molecule has 1 aromatic carbocycles. The first-order valence-corrected chi connectivity index (χ1v) is 7.64. The van der Waals surface area contributed by atoms with Crippen LogP contribution in [0.1, 0.15) is 37.0 Å². The Balaban J connectivity index is 2.96. The van der Waals surface area contributed by atoms with Gasteiger partial charge in [0.2, 0.25) is 5.82 Å². The second kappa shape index (κ2) is 7.15. The molecule has 0 spiro atoms. The van der Waals surface area contributed by atoms with E-state index >= 15 is 0 Å². The number of nitrogens with one attached hydrogen (secondary N) is 1. The fraction of sp³-hybridized carbons (Fsp3) is 0.500. The van der Waals surface area contributed by atoms with Gasteiger partial charge in [0.25, 0.3) is 5.91 Å². The van der Waals surface area contributed by atoms with Gasteiger partial charge in [-0.25, -0.2) is 8.78 Å². The Morgan fingerprint density at radius 3 is 2.33 bits per heavy atom. The third-order valence-corrected chi connectivity index (χ3v) is 4.97. The molecule has 0 saturated carbocycles. The van der Waals surface area contributed by atoms with Crippen molar-refractivity contribution in [1.82, 2.24) is 5.32 Å². The van der Waals surface area contributed by atoms with Crippen molar-refractivity contribution in [3.05, 3.63) is 29.1 Å². The molecular formula is C14H17BrF3NO2. The molecule has 0 bridgehead atoms. The van der Waals surface area contributed by atoms with Crippen LogP contribution in [-0.2, 0) is 0 Å². The highest BCUT2D eigenvalue weighted by Crippen LogP contribution is 2.29. The van der Waals surface area contributed by atoms with Crippen molar-refractivity contribution in [1.29, 1.82) is 0 Å². The molecule has 0 unspecified atom stereocenters. The molecule has 0 aliphatic carbocycles. The third-order valence-electron chi connectivity index (χ3n) is 3.79. The maximum Gasteiger partial charge on any atom is 0.254 e. The minimum atomic E-state index is -1.71. The van der Waals surface area contributed by atoms with Crippen LogP contribution < -0.4 is 5.32 Å². The molecular weight excluding hydrogens is 351 g/mol. The number of aromatic hydroxyl groups is 1. The summed E-state index contributed by atoms with van der Waals surface area (Å²) in [6.45, 7) is 4.17. The molecule has 0 aliphatic heterocycles. The Hall–Kier alpha value is -1.24. The summed E-state index contributed by atoms with van der Waals surface area (Å²) in [6.07, 6.45) is 1.56. The number of carbonyl (C=O) groups excluding carboxylic acids is 1. The van der Waals surface area contributed by atoms with E-state index in [1.54, 1.807) is 0 Å². The maximum absolute atomic E-state index is 13.6. The van der Waals surface area contributed by atoms with Crippen molar-refractivity contribution in [3.8, 4) is 5.75 Å². The van der Waals surface area contributed by atoms with Crippen molar-refractivity contribution < 1.29 is 23.1 Å². The van der Waals surface area contributed by atoms with Crippen molar-refractivity contribution in [2.24, 2.45) is 5.41 Å². The molecule has 0 aromatic heterocycles. The van der Waals surface area contributed by atoms with Crippen molar-refractivity contribution in [2.45, 2.75) is 26.7 Å². The number of rotatable bonds is 6. The summed E-state index contributed by atoms with van der Waals surface area (Å²) in [5, 5.41) is 12.2. The van der Waals surface area contributed by atoms with Gasteiger partial charge in [-0.05, 0) is 24.3 Å². The highest BCUT2D eigenvalue weighted by molar-refractivity contribution is 9.09. The van der Waals surface area contributed by atoms with Gasteiger partial charge in [0, 0.05) is 11.9 Å². The lowest BCUT2D eigenvalue weighted by Gasteiger charge is -2.29. The molecule has 0 atom stereocenters. The van der Waals surface area contributed by atoms with E-state index in [1.165, 1.54) is 0 Å². The van der Waals surface area contributed by atoms with E-state index in [-0.39, 0.29) is 12.0 Å². The van der Waals surface area contributed by atoms with Gasteiger partial charge >= 0.3 is 0 Å². The Bertz CT molecular complexity index is 525. The van der Waals surface area contributed by atoms with Crippen molar-refractivity contribution in [2.75, 3.05) is 11.9 Å². The van der Waals surface area contributed by atoms with Gasteiger partial charge < -0.3 is 10.4 Å². The molecule has 7 heteroatoms. The molecule has 0 heterocycles. The van der Waals surface area contributed by atoms with Crippen LogP contribution in [-0.4, -0.2) is 22.9 Å². The van der Waals surface area contributed by atoms with Crippen LogP contribution in [0.2, 0.25) is 0 Å². The van der Waals surface area contributed by atoms with E-state index in [2.05, 4.69) is 21.2 Å². The van der Waals surface area contributed by atoms with Crippen LogP contribution in [0.3, 0.4) is 0 Å². The third kappa shape index (κ3) is 3.70. The number of hydrogen-bond donors (Lipinski definition) is 2. The highest BCUT2D eigenvalue weighted by Gasteiger charge is 2.27. The minimum absolute atomic E-state index is 0.202. The monoisotopic (exact) mass is 367 g/mol. The average Bonchev–Trinajstić information content (AvgIpc) is 2.50. The normalized spacial score (nSPS) is 11.5. The first-order valence-electron chi connectivity index (χ1n) is 6.52. The molecule has 0 saturated heterocycles. The van der Waals surface area contributed by atoms with E-state index in [4.69, 9.17) is 5.11 Å². The quantitative estimate of drug-likeness (QED) is 0.594. The molecule has 2 N–H and O–H groups in total. The minimum Gasteiger partial charge on any atom is -0.503 e. The Morgan fingerprint density at radius 2 is 1.86 bits per heavy atom. The van der Waals surface area contributed by atoms with E-state index in [0.717, 1.165) is 12.8 Å². The molecule has 21 heavy (non-hydrogen) atoms. The van der Waals surface area contributed by atoms with Crippen LogP contribution in [0, 0.1) is 22.9 Å². The first kappa shape index (κ1) is 17.8. The second-order valence-corrected chi connectivity index (χ2v) is 5.47. The Kier molecular flexibility index (Phi) is 6.07. The number of phenols is 1. The average molecular weight is 368 g/mol. The van der Waals surface area contributed by atoms with E-state index in [1.807, 2.05) is 13.8 Å². The van der Waals surface area contributed by atoms with Gasteiger partial charge in [0.05, 0.1) is 5.56 Å². The van der Waals surface area contributed by atoms with Gasteiger partial charge in [0.1, 0.15) is 0 Å². The summed E-state index contributed by atoms with van der Waals surface area (Å²) < 4.78 is 39.8. The molecule has 0 radical (unpaired) electrons. The maximum atomic E-state index is 13.6. The standard InChI is InChI=1S/C14H17BrF3NO2/c1-3-14(4-2,6-15)7-19-13(21)8-5-9(16)11(18)12(20)10(8)17/h5,20H,3-4,6-7H2,1-2H3,(H,19,21). The number of benzene rings is 1. The molecule has 1 aromatic rings. The Morgan fingerprint density at radius 1 is 1.29 bits per heavy atom. The highest BCUT2D eigenvalue weighted by atomic mass is 79.9. The molecule has 3 nitrogen and oxygen atoms in total. The van der Waals surface area contributed by atoms with Crippen LogP contribution in [0.4, 0.5) is 13.2 Å². The number of halogens is 4. The van der Waals surface area contributed by atoms with Crippen LogP contribution in [0.25, 0.3) is 0 Å². The second-order valence-electron chi connectivity index (χ2n) is 4.91. The largest absolute Gasteiger partial charge is 0.503 e. The van der Waals surface area contributed by atoms with Gasteiger partial charge in [0.15, 0.2) is 17.4 Å². The van der Waals surface area contributed by atoms with Crippen molar-refractivity contribution >= 4 is 21.8 Å². The SMILES string of the molecule is CCC(CC)(CBr)CNC(=O)c1cc(F)c(F)c(O)c1F. The summed E-state index contributed by atoms with van der Waals surface area (Å²) in [4.78, 5) is 11.9. The predicted octanol–water partition coefficient (Wildman–Crippen LogP) is 3.74. The number of carbonyl (C=O) groups is 1. The molecule has 1 amide bonds. The zero-order valence-electron chi connectivity index (χ0n) is 11.8. The van der Waals surface area contributed by atoms with E-state index < -0.39 is 34.7 Å². The summed E-state index contributed by atoms with van der Waals surface area (Å²) in [5.41, 5.74) is -0.922. The smallest absolute Gasteiger partial charge is 0.254 e. The lowest BCUT2D eigenvalue weighted by atomic mass is 9.84. The summed E-state index contributed by atoms with van der Waals surface area (Å²) in [6, 6.07) is 0.438. The van der Waals surface area contributed by atoms with E-state index in [0.29, 0.717) is 11.4 Å². The molecule has 0 aliphatic rings. The van der Waals surface area contributed by atoms with Crippen LogP contribution in [0.15, 0.2) is 6.07 Å². The molecule has 1 rings (SSSR count). The first-order chi connectivity index (χ1) is 9.81. The summed E-state index contributed by atoms with van der Waals surface area (Å²) in [7, 11) is 0. The van der Waals surface area contributed by atoms with Gasteiger partial charge in [-0.2, -0.15) is 4.39 Å². The summed E-state index contributed by atoms with van der Waals surface area (Å²) >= 11 is 3.37. The fourth-order valence-corrected chi connectivity index (χ4v) is 2.85. The lowest BCUT2D eigenvalue weighted by molar-refractivity contribution is 0.0926. The van der Waals surface area contributed by atoms with E-state index in [9.17, 15) is 18.0 Å². The van der Waals surface area contributed by atoms with Gasteiger partial charge in [-0.1, -0.05) is 29.8 Å². The number of alkyl halides is 1. The van der Waals surface area contributed by atoms with Crippen LogP contribution in [0.5, 0.6) is 5.75 Å². The Labute approximate surface area is 129 Å². The van der Waals surface area contributed by atoms with Gasteiger partial charge in [-0.3, -0.25) is 4.79 Å². The predicted molar refractivity (Wildman–Crippen MR) is 77.1 cm³/mol. The zero-order chi connectivity index (χ0) is 16.2. The van der Waals surface area contributed by atoms with Crippen LogP contribution >= 0.6 is 15.9 Å². The number of phenolic OH excluding ortho intramolecular Hbond substituents is 1. The zero-order valence-corrected chi connectivity index (χ0v) is 13.4. The number of amides is 1. The number of hydrogen-bond acceptors (Lipinski definition) is 2. The fourth-order valence-electron chi connectivity index (χ4n) is 1.85. The lowest BCUT2D eigenvalue weighted by Crippen LogP contribution is -2.38.